The van der Waals surface area contributed by atoms with Crippen LogP contribution in [0, 0.1) is 0 Å². The van der Waals surface area contributed by atoms with Gasteiger partial charge < -0.3 is 0 Å². The van der Waals surface area contributed by atoms with Gasteiger partial charge in [0, 0.05) is 0 Å². The Labute approximate surface area is 62.9 Å². The largest absolute Gasteiger partial charge is 0.0882 e. The summed E-state index contributed by atoms with van der Waals surface area (Å²) in [6.45, 7) is 0. The van der Waals surface area contributed by atoms with Crippen molar-refractivity contribution in [2.75, 3.05) is 0 Å². The fraction of sp³-hybridized carbons (Fsp3) is 0.400. The highest BCUT2D eigenvalue weighted by atomic mass is 13.9. The lowest BCUT2D eigenvalue weighted by Gasteiger charge is -1.90. The summed E-state index contributed by atoms with van der Waals surface area (Å²) in [6, 6.07) is 0. The first-order valence-corrected chi connectivity index (χ1v) is 3.97. The lowest BCUT2D eigenvalue weighted by Crippen LogP contribution is -1.69. The van der Waals surface area contributed by atoms with Crippen LogP contribution in [0.1, 0.15) is 25.7 Å². The molecular formula is C10H14. The topological polar surface area (TPSA) is 0 Å². The molecule has 1 rings (SSSR count). The van der Waals surface area contributed by atoms with Crippen LogP contribution in [-0.4, -0.2) is 0 Å². The summed E-state index contributed by atoms with van der Waals surface area (Å²) in [5.41, 5.74) is 0. The summed E-state index contributed by atoms with van der Waals surface area (Å²) < 4.78 is 0. The molecule has 1 aliphatic rings. The van der Waals surface area contributed by atoms with Crippen molar-refractivity contribution in [3.8, 4) is 0 Å². The molecular weight excluding hydrogens is 120 g/mol. The highest BCUT2D eigenvalue weighted by Gasteiger charge is 1.79. The van der Waals surface area contributed by atoms with Gasteiger partial charge >= 0.3 is 0 Å². The minimum Gasteiger partial charge on any atom is -0.0882 e. The molecule has 0 spiro atoms. The van der Waals surface area contributed by atoms with Crippen LogP contribution in [0.3, 0.4) is 0 Å². The van der Waals surface area contributed by atoms with Crippen LogP contribution in [0.2, 0.25) is 0 Å². The van der Waals surface area contributed by atoms with E-state index in [1.54, 1.807) is 0 Å². The SMILES string of the molecule is C1=C\CC/C=C\CC\C=C/1. The lowest BCUT2D eigenvalue weighted by atomic mass is 10.2. The molecule has 0 radical (unpaired) electrons. The maximum atomic E-state index is 2.27. The molecule has 0 nitrogen and oxygen atoms in total. The molecule has 0 aromatic carbocycles. The average Bonchev–Trinajstić information content (AvgIpc) is 2.01. The second-order valence-corrected chi connectivity index (χ2v) is 2.48. The van der Waals surface area contributed by atoms with Crippen molar-refractivity contribution >= 4 is 0 Å². The standard InChI is InChI=1S/C10H14/c1-2-4-6-8-10-9-7-5-3-1/h1-4,9-10H,5-8H2/b3-1-,4-2-,10-9-. The predicted molar refractivity (Wildman–Crippen MR) is 45.9 cm³/mol. The molecule has 54 valence electrons. The average molecular weight is 134 g/mol. The van der Waals surface area contributed by atoms with Crippen molar-refractivity contribution in [1.29, 1.82) is 0 Å². The van der Waals surface area contributed by atoms with Gasteiger partial charge in [-0.1, -0.05) is 36.5 Å². The van der Waals surface area contributed by atoms with Gasteiger partial charge in [0.25, 0.3) is 0 Å². The molecule has 0 unspecified atom stereocenters. The number of allylic oxidation sites excluding steroid dienone is 6. The smallest absolute Gasteiger partial charge is 0.0313 e. The second-order valence-electron chi connectivity index (χ2n) is 2.48. The molecule has 0 aliphatic heterocycles. The van der Waals surface area contributed by atoms with Gasteiger partial charge in [0.2, 0.25) is 0 Å². The molecule has 0 atom stereocenters. The molecule has 0 heterocycles. The maximum Gasteiger partial charge on any atom is -0.0313 e. The van der Waals surface area contributed by atoms with Crippen LogP contribution in [0.15, 0.2) is 36.5 Å². The first-order valence-electron chi connectivity index (χ1n) is 3.97. The van der Waals surface area contributed by atoms with Gasteiger partial charge in [-0.25, -0.2) is 0 Å². The summed E-state index contributed by atoms with van der Waals surface area (Å²) in [5, 5.41) is 0. The lowest BCUT2D eigenvalue weighted by molar-refractivity contribution is 0.998. The minimum absolute atomic E-state index is 1.18. The van der Waals surface area contributed by atoms with Gasteiger partial charge in [-0.15, -0.1) is 0 Å². The Kier molecular flexibility index (Phi) is 3.69. The van der Waals surface area contributed by atoms with Crippen molar-refractivity contribution in [3.63, 3.8) is 0 Å². The van der Waals surface area contributed by atoms with E-state index in [-0.39, 0.29) is 0 Å². The van der Waals surface area contributed by atoms with E-state index in [0.29, 0.717) is 0 Å². The van der Waals surface area contributed by atoms with Crippen molar-refractivity contribution in [2.45, 2.75) is 25.7 Å². The Balaban J connectivity index is 2.38. The van der Waals surface area contributed by atoms with Crippen LogP contribution < -0.4 is 0 Å². The summed E-state index contributed by atoms with van der Waals surface area (Å²) in [6.07, 6.45) is 18.0. The molecule has 0 bridgehead atoms. The summed E-state index contributed by atoms with van der Waals surface area (Å²) in [4.78, 5) is 0. The van der Waals surface area contributed by atoms with E-state index in [0.717, 1.165) is 0 Å². The van der Waals surface area contributed by atoms with Crippen molar-refractivity contribution in [1.82, 2.24) is 0 Å². The van der Waals surface area contributed by atoms with Crippen molar-refractivity contribution in [3.05, 3.63) is 36.5 Å². The van der Waals surface area contributed by atoms with Crippen LogP contribution in [0.25, 0.3) is 0 Å². The third kappa shape index (κ3) is 3.29. The zero-order chi connectivity index (χ0) is 7.07. The Morgan fingerprint density at radius 3 is 1.40 bits per heavy atom. The number of rotatable bonds is 0. The van der Waals surface area contributed by atoms with Crippen LogP contribution in [-0.2, 0) is 0 Å². The fourth-order valence-corrected chi connectivity index (χ4v) is 0.970. The normalized spacial score (nSPS) is 28.8. The van der Waals surface area contributed by atoms with Crippen LogP contribution in [0.4, 0.5) is 0 Å². The van der Waals surface area contributed by atoms with Crippen LogP contribution >= 0.6 is 0 Å². The first-order chi connectivity index (χ1) is 5.00. The van der Waals surface area contributed by atoms with Crippen molar-refractivity contribution < 1.29 is 0 Å². The molecule has 0 N–H and O–H groups in total. The minimum atomic E-state index is 1.18. The second kappa shape index (κ2) is 5.04. The van der Waals surface area contributed by atoms with E-state index in [9.17, 15) is 0 Å². The Bertz CT molecular complexity index is 131. The van der Waals surface area contributed by atoms with Gasteiger partial charge in [-0.3, -0.25) is 0 Å². The van der Waals surface area contributed by atoms with Gasteiger partial charge in [-0.05, 0) is 25.7 Å². The van der Waals surface area contributed by atoms with Gasteiger partial charge in [0.1, 0.15) is 0 Å². The fourth-order valence-electron chi connectivity index (χ4n) is 0.970. The van der Waals surface area contributed by atoms with E-state index in [1.807, 2.05) is 0 Å². The Morgan fingerprint density at radius 1 is 0.500 bits per heavy atom. The molecule has 0 amide bonds. The van der Waals surface area contributed by atoms with E-state index >= 15 is 0 Å². The Hall–Kier alpha value is -0.780. The molecule has 1 aliphatic carbocycles. The Morgan fingerprint density at radius 2 is 0.900 bits per heavy atom. The van der Waals surface area contributed by atoms with Gasteiger partial charge in [-0.2, -0.15) is 0 Å². The molecule has 0 saturated heterocycles. The third-order valence-corrected chi connectivity index (χ3v) is 1.55. The summed E-state index contributed by atoms with van der Waals surface area (Å²) in [7, 11) is 0. The zero-order valence-corrected chi connectivity index (χ0v) is 6.29. The van der Waals surface area contributed by atoms with Gasteiger partial charge in [0.05, 0.1) is 0 Å². The van der Waals surface area contributed by atoms with E-state index < -0.39 is 0 Å². The van der Waals surface area contributed by atoms with E-state index in [1.165, 1.54) is 25.7 Å². The quantitative estimate of drug-likeness (QED) is 0.446. The monoisotopic (exact) mass is 134 g/mol. The molecule has 0 heteroatoms. The maximum absolute atomic E-state index is 2.27. The zero-order valence-electron chi connectivity index (χ0n) is 6.29. The summed E-state index contributed by atoms with van der Waals surface area (Å²) >= 11 is 0. The number of hydrogen-bond acceptors (Lipinski definition) is 0. The molecule has 0 aromatic heterocycles. The van der Waals surface area contributed by atoms with E-state index in [4.69, 9.17) is 0 Å². The highest BCUT2D eigenvalue weighted by Crippen LogP contribution is 2.00. The highest BCUT2D eigenvalue weighted by molar-refractivity contribution is 5.04. The van der Waals surface area contributed by atoms with Crippen LogP contribution in [0.5, 0.6) is 0 Å². The van der Waals surface area contributed by atoms with Gasteiger partial charge in [0.15, 0.2) is 0 Å². The predicted octanol–water partition coefficient (Wildman–Crippen LogP) is 3.23. The molecule has 0 fully saturated rings. The molecule has 0 aromatic rings. The number of hydrogen-bond donors (Lipinski definition) is 0. The van der Waals surface area contributed by atoms with E-state index in [2.05, 4.69) is 36.5 Å². The first kappa shape index (κ1) is 7.33. The molecule has 10 heavy (non-hydrogen) atoms. The molecule has 0 saturated carbocycles. The third-order valence-electron chi connectivity index (χ3n) is 1.55. The summed E-state index contributed by atoms with van der Waals surface area (Å²) in [5.74, 6) is 0. The van der Waals surface area contributed by atoms with Crippen molar-refractivity contribution in [2.24, 2.45) is 0 Å².